The van der Waals surface area contributed by atoms with Gasteiger partial charge in [-0.15, -0.1) is 0 Å². The second kappa shape index (κ2) is 49.4. The van der Waals surface area contributed by atoms with E-state index < -0.39 is 94.8 Å². The highest BCUT2D eigenvalue weighted by Gasteiger charge is 2.33. The average Bonchev–Trinajstić information content (AvgIpc) is 0.830. The molecule has 1 aliphatic carbocycles. The molecule has 31 nitrogen and oxygen atoms in total. The number of sulfonamides is 4. The Morgan fingerprint density at radius 3 is 1.15 bits per heavy atom. The lowest BCUT2D eigenvalue weighted by atomic mass is 10.1. The zero-order valence-electron chi connectivity index (χ0n) is 71.0. The van der Waals surface area contributed by atoms with Crippen LogP contribution in [-0.4, -0.2) is 165 Å². The van der Waals surface area contributed by atoms with E-state index in [0.29, 0.717) is 98.1 Å². The Kier molecular flexibility index (Phi) is 39.4. The van der Waals surface area contributed by atoms with Gasteiger partial charge in [-0.25, -0.2) is 59.2 Å². The number of aliphatic imine (C=N–C) groups is 1. The number of morpholine rings is 1. The number of anilines is 4. The fraction of sp³-hybridized carbons (Fsp3) is 0.356. The normalized spacial score (nSPS) is 14.4. The first-order chi connectivity index (χ1) is 60.8. The molecule has 41 heteroatoms. The van der Waals surface area contributed by atoms with E-state index in [1.54, 1.807) is 127 Å². The molecular weight excluding hydrogens is 1750 g/mol. The third kappa shape index (κ3) is 34.1. The molecule has 0 aromatic heterocycles. The minimum atomic E-state index is -4.43. The summed E-state index contributed by atoms with van der Waals surface area (Å²) in [6.45, 7) is 13.5. The summed E-state index contributed by atoms with van der Waals surface area (Å²) in [5.41, 5.74) is 2.79. The molecule has 0 bridgehead atoms. The van der Waals surface area contributed by atoms with E-state index in [1.165, 1.54) is 24.3 Å². The standard InChI is InChI=1S/C24H27N5O4S.C23H32N4O5S.C20H24F3N3O4S.C20H26F3N3O3S/c1-2-3-13-26-20-14-16(23(30)29-24-27-18-11-7-8-12-19(18)28-24)15-21(34(25,31)32)22(20)33-17-9-5-4-6-10-17;1-2-3-9-25-20-16-18(23(28)26-10-11-27-12-14-31-15-13-27)17-21(33(24,29)30)22(20)32-19-7-5-4-6-8-19;1-2-3-10-25-16-12-14(19(27)26-11-9-20(21,22)23)13-17(31(24,28)29)18(16)30-15-7-5-4-6-8-15;1-2-3-10-26-17-12-15(14-25-11-9-20(21,22)23)13-18(30(24,27)28)19(17)29-16-7-5-4-6-8-16/h4-12,14-15,18,24,26-27H,2-3,13H2,1H3,(H,29,30)(H2,25,31,32);4-8,16-17,25H,2-3,9-15H2,1H3,(H,26,28)(H2,24,29,30);4-8,12-13,25H,2-3,9-11H2,1H3,(H,26,27)(H2,24,28,29);4-8,12-13,25-26H,2-3,9-11,14H2,1H3,(H2,24,27,28). The molecule has 11 rings (SSSR count). The first-order valence-corrected chi connectivity index (χ1v) is 47.4. The Morgan fingerprint density at radius 1 is 0.453 bits per heavy atom. The number of unbranched alkanes of at least 4 members (excludes halogenated alkanes) is 4. The Labute approximate surface area is 742 Å². The van der Waals surface area contributed by atoms with Crippen LogP contribution in [0.3, 0.4) is 0 Å². The van der Waals surface area contributed by atoms with E-state index in [0.717, 1.165) is 76.2 Å². The molecule has 2 aliphatic heterocycles. The van der Waals surface area contributed by atoms with Crippen LogP contribution >= 0.6 is 0 Å². The van der Waals surface area contributed by atoms with Crippen LogP contribution < -0.4 is 87.4 Å². The number of halogens is 6. The molecular formula is C87H109F6N15O16S4. The number of nitrogens with zero attached hydrogens (tertiary/aromatic N) is 2. The van der Waals surface area contributed by atoms with Crippen LogP contribution in [0.5, 0.6) is 46.0 Å². The van der Waals surface area contributed by atoms with Gasteiger partial charge in [-0.3, -0.25) is 24.6 Å². The maximum Gasteiger partial charge on any atom is 0.390 e. The summed E-state index contributed by atoms with van der Waals surface area (Å²) < 4.78 is 202. The molecule has 17 N–H and O–H groups in total. The minimum absolute atomic E-state index is 0.0434. The van der Waals surface area contributed by atoms with Crippen LogP contribution in [-0.2, 0) is 51.4 Å². The summed E-state index contributed by atoms with van der Waals surface area (Å²) >= 11 is 0. The van der Waals surface area contributed by atoms with Gasteiger partial charge in [-0.1, -0.05) is 144 Å². The van der Waals surface area contributed by atoms with Crippen LogP contribution in [0.1, 0.15) is 129 Å². The third-order valence-electron chi connectivity index (χ3n) is 18.8. The number of alkyl halides is 6. The van der Waals surface area contributed by atoms with Gasteiger partial charge in [-0.2, -0.15) is 26.3 Å². The van der Waals surface area contributed by atoms with Gasteiger partial charge in [0.25, 0.3) is 17.7 Å². The first kappa shape index (κ1) is 102. The number of carbonyl (C=O) groups excluding carboxylic acids is 3. The molecule has 0 saturated carbocycles. The number of fused-ring (bicyclic) bond motifs is 1. The monoisotopic (exact) mass is 1860 g/mol. The fourth-order valence-electron chi connectivity index (χ4n) is 12.3. The number of ether oxygens (including phenoxy) is 5. The number of para-hydroxylation sites is 4. The summed E-state index contributed by atoms with van der Waals surface area (Å²) in [6.07, 6.45) is 3.00. The van der Waals surface area contributed by atoms with Gasteiger partial charge < -0.3 is 66.2 Å². The molecule has 128 heavy (non-hydrogen) atoms. The van der Waals surface area contributed by atoms with Crippen molar-refractivity contribution in [2.75, 3.05) is 99.9 Å². The number of rotatable bonds is 41. The topological polar surface area (TPSA) is 462 Å². The van der Waals surface area contributed by atoms with Gasteiger partial charge in [0.15, 0.2) is 29.3 Å². The molecule has 1 saturated heterocycles. The minimum Gasteiger partial charge on any atom is -0.454 e. The lowest BCUT2D eigenvalue weighted by Crippen LogP contribution is -2.44. The van der Waals surface area contributed by atoms with Gasteiger partial charge in [0.05, 0.1) is 60.6 Å². The number of carbonyl (C=O) groups is 3. The Hall–Kier alpha value is -11.2. The first-order valence-electron chi connectivity index (χ1n) is 41.2. The van der Waals surface area contributed by atoms with E-state index in [-0.39, 0.29) is 85.1 Å². The smallest absolute Gasteiger partial charge is 0.390 e. The largest absolute Gasteiger partial charge is 0.454 e. The number of hydrogen-bond donors (Lipinski definition) is 13. The second-order valence-corrected chi connectivity index (χ2v) is 35.3. The molecule has 8 aromatic rings. The molecule has 3 amide bonds. The van der Waals surface area contributed by atoms with E-state index in [1.807, 2.05) is 57.2 Å². The zero-order chi connectivity index (χ0) is 93.1. The predicted molar refractivity (Wildman–Crippen MR) is 480 cm³/mol. The Morgan fingerprint density at radius 2 is 0.797 bits per heavy atom. The van der Waals surface area contributed by atoms with E-state index in [9.17, 15) is 74.4 Å². The van der Waals surface area contributed by atoms with Crippen molar-refractivity contribution in [3.8, 4) is 46.0 Å². The number of nitrogens with one attached hydrogen (secondary N) is 9. The van der Waals surface area contributed by atoms with Crippen LogP contribution in [0.15, 0.2) is 219 Å². The predicted octanol–water partition coefficient (Wildman–Crippen LogP) is 13.7. The van der Waals surface area contributed by atoms with Crippen molar-refractivity contribution < 1.29 is 98.1 Å². The van der Waals surface area contributed by atoms with Gasteiger partial charge in [0.2, 0.25) is 40.1 Å². The van der Waals surface area contributed by atoms with Crippen molar-refractivity contribution in [3.05, 3.63) is 216 Å². The molecule has 8 aromatic carbocycles. The number of hydrogen-bond acceptors (Lipinski definition) is 24. The van der Waals surface area contributed by atoms with Crippen molar-refractivity contribution in [2.24, 2.45) is 25.5 Å². The summed E-state index contributed by atoms with van der Waals surface area (Å²) in [7, 11) is -16.9. The van der Waals surface area contributed by atoms with Crippen LogP contribution in [0.25, 0.3) is 0 Å². The summed E-state index contributed by atoms with van der Waals surface area (Å²) in [4.78, 5) is 43.7. The Bertz CT molecular complexity index is 5560. The third-order valence-corrected chi connectivity index (χ3v) is 22.5. The fourth-order valence-corrected chi connectivity index (χ4v) is 15.2. The molecule has 0 spiro atoms. The highest BCUT2D eigenvalue weighted by Crippen LogP contribution is 2.42. The van der Waals surface area contributed by atoms with Crippen LogP contribution in [0.2, 0.25) is 0 Å². The zero-order valence-corrected chi connectivity index (χ0v) is 74.3. The molecule has 2 unspecified atom stereocenters. The molecule has 694 valence electrons. The maximum atomic E-state index is 13.1. The van der Waals surface area contributed by atoms with Crippen molar-refractivity contribution in [2.45, 2.75) is 143 Å². The highest BCUT2D eigenvalue weighted by atomic mass is 32.2. The van der Waals surface area contributed by atoms with E-state index in [2.05, 4.69) is 64.7 Å². The van der Waals surface area contributed by atoms with Gasteiger partial charge in [-0.05, 0) is 134 Å². The van der Waals surface area contributed by atoms with Crippen molar-refractivity contribution >= 4 is 86.3 Å². The number of nitrogens with two attached hydrogens (primary N) is 4. The van der Waals surface area contributed by atoms with Crippen molar-refractivity contribution in [1.29, 1.82) is 0 Å². The second-order valence-electron chi connectivity index (χ2n) is 29.2. The molecule has 0 radical (unpaired) electrons. The van der Waals surface area contributed by atoms with Gasteiger partial charge >= 0.3 is 12.4 Å². The molecule has 3 aliphatic rings. The number of allylic oxidation sites excluding steroid dienone is 2. The summed E-state index contributed by atoms with van der Waals surface area (Å²) in [5, 5.41) is 48.0. The lowest BCUT2D eigenvalue weighted by molar-refractivity contribution is -0.134. The summed E-state index contributed by atoms with van der Waals surface area (Å²) in [5.74, 6) is 0.00826. The van der Waals surface area contributed by atoms with E-state index >= 15 is 0 Å². The molecule has 2 atom stereocenters. The average molecular weight is 1860 g/mol. The maximum absolute atomic E-state index is 13.1. The Balaban J connectivity index is 0.000000211. The molecule has 1 fully saturated rings. The summed E-state index contributed by atoms with van der Waals surface area (Å²) in [6, 6.07) is 45.5. The number of primary sulfonamides is 4. The highest BCUT2D eigenvalue weighted by molar-refractivity contribution is 7.90. The van der Waals surface area contributed by atoms with Gasteiger partial charge in [0.1, 0.15) is 42.6 Å². The van der Waals surface area contributed by atoms with E-state index in [4.69, 9.17) is 44.2 Å². The quantitative estimate of drug-likeness (QED) is 0.0125. The van der Waals surface area contributed by atoms with Crippen LogP contribution in [0, 0.1) is 0 Å². The van der Waals surface area contributed by atoms with Gasteiger partial charge in [0, 0.05) is 88.7 Å². The van der Waals surface area contributed by atoms with Crippen molar-refractivity contribution in [1.82, 2.24) is 31.5 Å². The lowest BCUT2D eigenvalue weighted by Gasteiger charge is -2.26. The molecule has 2 heterocycles. The SMILES string of the molecule is CCCCNc1cc(C(=O)NC2N=C3C=CC=CC3N2)cc(S(N)(=O)=O)c1Oc1ccccc1.CCCCNc1cc(C(=O)NCCC(F)(F)F)cc(S(N)(=O)=O)c1Oc1ccccc1.CCCCNc1cc(C(=O)NCCN2CCOCC2)cc(S(N)(=O)=O)c1Oc1ccccc1.CCCCNc1cc(CNCCC(F)(F)F)cc(S(N)(=O)=O)c1Oc1ccccc1. The van der Waals surface area contributed by atoms with Crippen molar-refractivity contribution in [3.63, 3.8) is 0 Å². The number of benzene rings is 8. The number of amides is 3. The van der Waals surface area contributed by atoms with Crippen LogP contribution in [0.4, 0.5) is 49.1 Å².